The quantitative estimate of drug-likeness (QED) is 0.690. The van der Waals surface area contributed by atoms with Crippen LogP contribution in [-0.2, 0) is 4.79 Å². The highest BCUT2D eigenvalue weighted by atomic mass is 16.1. The molecule has 0 amide bonds. The molecule has 0 aliphatic heterocycles. The van der Waals surface area contributed by atoms with Crippen molar-refractivity contribution < 1.29 is 4.79 Å². The summed E-state index contributed by atoms with van der Waals surface area (Å²) in [6, 6.07) is 0.654. The molecule has 82 valence electrons. The highest BCUT2D eigenvalue weighted by molar-refractivity contribution is 5.79. The number of hydrogen-bond acceptors (Lipinski definition) is 2. The molecule has 0 N–H and O–H groups in total. The second-order valence-electron chi connectivity index (χ2n) is 4.72. The minimum Gasteiger partial charge on any atom is -0.303 e. The first-order chi connectivity index (χ1) is 6.63. The molecule has 1 atom stereocenters. The van der Waals surface area contributed by atoms with E-state index in [1.54, 1.807) is 0 Å². The van der Waals surface area contributed by atoms with Crippen LogP contribution >= 0.6 is 0 Å². The van der Waals surface area contributed by atoms with E-state index in [2.05, 4.69) is 25.8 Å². The van der Waals surface area contributed by atoms with Crippen LogP contribution in [0.4, 0.5) is 0 Å². The molecule has 1 unspecified atom stereocenters. The van der Waals surface area contributed by atoms with Gasteiger partial charge in [-0.3, -0.25) is 4.79 Å². The lowest BCUT2D eigenvalue weighted by molar-refractivity contribution is -0.121. The van der Waals surface area contributed by atoms with E-state index in [-0.39, 0.29) is 0 Å². The Hall–Kier alpha value is -0.370. The predicted molar refractivity (Wildman–Crippen MR) is 59.3 cm³/mol. The molecule has 1 aliphatic carbocycles. The van der Waals surface area contributed by atoms with Crippen molar-refractivity contribution in [1.82, 2.24) is 4.90 Å². The summed E-state index contributed by atoms with van der Waals surface area (Å²) in [5.41, 5.74) is 0. The largest absolute Gasteiger partial charge is 0.303 e. The van der Waals surface area contributed by atoms with Gasteiger partial charge in [0.2, 0.25) is 0 Å². The van der Waals surface area contributed by atoms with Gasteiger partial charge >= 0.3 is 0 Å². The second kappa shape index (κ2) is 5.50. The van der Waals surface area contributed by atoms with Gasteiger partial charge in [0.1, 0.15) is 5.78 Å². The third-order valence-corrected chi connectivity index (χ3v) is 3.43. The van der Waals surface area contributed by atoms with Crippen molar-refractivity contribution in [3.63, 3.8) is 0 Å². The molecule has 0 aromatic rings. The van der Waals surface area contributed by atoms with E-state index in [1.807, 2.05) is 0 Å². The Morgan fingerprint density at radius 3 is 2.50 bits per heavy atom. The molecule has 1 rings (SSSR count). The fourth-order valence-electron chi connectivity index (χ4n) is 2.14. The lowest BCUT2D eigenvalue weighted by Gasteiger charge is -2.32. The molecule has 0 aromatic heterocycles. The van der Waals surface area contributed by atoms with Gasteiger partial charge in [-0.15, -0.1) is 0 Å². The maximum atomic E-state index is 11.1. The third kappa shape index (κ3) is 3.41. The van der Waals surface area contributed by atoms with Crippen LogP contribution in [0.25, 0.3) is 0 Å². The molecule has 0 aromatic carbocycles. The number of nitrogens with zero attached hydrogens (tertiary/aromatic N) is 1. The van der Waals surface area contributed by atoms with Gasteiger partial charge in [0, 0.05) is 25.4 Å². The molecule has 0 bridgehead atoms. The number of Topliss-reactive ketones (excluding diaryl/α,β-unsaturated/α-hetero) is 1. The zero-order valence-corrected chi connectivity index (χ0v) is 9.75. The van der Waals surface area contributed by atoms with Gasteiger partial charge < -0.3 is 4.90 Å². The number of ketones is 1. The molecule has 14 heavy (non-hydrogen) atoms. The standard InChI is InChI=1S/C12H23NO/c1-4-10(2)9-13(3)11-5-7-12(14)8-6-11/h10-11H,4-9H2,1-3H3. The van der Waals surface area contributed by atoms with Crippen molar-refractivity contribution in [3.8, 4) is 0 Å². The van der Waals surface area contributed by atoms with Crippen LogP contribution < -0.4 is 0 Å². The third-order valence-electron chi connectivity index (χ3n) is 3.43. The monoisotopic (exact) mass is 197 g/mol. The van der Waals surface area contributed by atoms with Gasteiger partial charge in [-0.25, -0.2) is 0 Å². The van der Waals surface area contributed by atoms with Gasteiger partial charge in [-0.1, -0.05) is 20.3 Å². The van der Waals surface area contributed by atoms with Gasteiger partial charge in [-0.05, 0) is 25.8 Å². The maximum Gasteiger partial charge on any atom is 0.133 e. The minimum atomic E-state index is 0.457. The Bertz CT molecular complexity index is 181. The normalized spacial score (nSPS) is 21.6. The van der Waals surface area contributed by atoms with Crippen LogP contribution in [0.3, 0.4) is 0 Å². The number of hydrogen-bond donors (Lipinski definition) is 0. The Morgan fingerprint density at radius 1 is 1.43 bits per heavy atom. The van der Waals surface area contributed by atoms with Crippen LogP contribution in [0.5, 0.6) is 0 Å². The van der Waals surface area contributed by atoms with Crippen LogP contribution in [0.1, 0.15) is 46.0 Å². The van der Waals surface area contributed by atoms with Crippen molar-refractivity contribution in [3.05, 3.63) is 0 Å². The van der Waals surface area contributed by atoms with Gasteiger partial charge in [0.25, 0.3) is 0 Å². The zero-order chi connectivity index (χ0) is 10.6. The van der Waals surface area contributed by atoms with Crippen LogP contribution in [0, 0.1) is 5.92 Å². The van der Waals surface area contributed by atoms with E-state index in [0.717, 1.165) is 31.6 Å². The lowest BCUT2D eigenvalue weighted by atomic mass is 9.93. The molecule has 0 spiro atoms. The van der Waals surface area contributed by atoms with Crippen molar-refractivity contribution in [2.75, 3.05) is 13.6 Å². The molecule has 2 heteroatoms. The van der Waals surface area contributed by atoms with E-state index in [4.69, 9.17) is 0 Å². The Balaban J connectivity index is 2.30. The molecular formula is C12H23NO. The SMILES string of the molecule is CCC(C)CN(C)C1CCC(=O)CC1. The molecular weight excluding hydrogens is 174 g/mol. The summed E-state index contributed by atoms with van der Waals surface area (Å²) in [6.07, 6.45) is 5.00. The first kappa shape index (κ1) is 11.7. The van der Waals surface area contributed by atoms with Crippen molar-refractivity contribution in [1.29, 1.82) is 0 Å². The molecule has 1 fully saturated rings. The van der Waals surface area contributed by atoms with Crippen molar-refractivity contribution in [2.45, 2.75) is 52.0 Å². The highest BCUT2D eigenvalue weighted by Crippen LogP contribution is 2.20. The van der Waals surface area contributed by atoms with Crippen molar-refractivity contribution in [2.24, 2.45) is 5.92 Å². The number of rotatable bonds is 4. The van der Waals surface area contributed by atoms with E-state index in [0.29, 0.717) is 11.8 Å². The average Bonchev–Trinajstić information content (AvgIpc) is 2.18. The fraction of sp³-hybridized carbons (Fsp3) is 0.917. The molecule has 0 radical (unpaired) electrons. The minimum absolute atomic E-state index is 0.457. The molecule has 0 heterocycles. The lowest BCUT2D eigenvalue weighted by Crippen LogP contribution is -2.37. The van der Waals surface area contributed by atoms with Gasteiger partial charge in [0.15, 0.2) is 0 Å². The zero-order valence-electron chi connectivity index (χ0n) is 9.75. The first-order valence-electron chi connectivity index (χ1n) is 5.85. The molecule has 1 aliphatic rings. The number of carbonyl (C=O) groups excluding carboxylic acids is 1. The number of carbonyl (C=O) groups is 1. The summed E-state index contributed by atoms with van der Waals surface area (Å²) in [5.74, 6) is 1.23. The predicted octanol–water partition coefficient (Wildman–Crippen LogP) is 2.48. The fourth-order valence-corrected chi connectivity index (χ4v) is 2.14. The van der Waals surface area contributed by atoms with Crippen LogP contribution in [0.2, 0.25) is 0 Å². The van der Waals surface area contributed by atoms with E-state index in [1.165, 1.54) is 13.0 Å². The topological polar surface area (TPSA) is 20.3 Å². The Morgan fingerprint density at radius 2 is 2.00 bits per heavy atom. The van der Waals surface area contributed by atoms with E-state index < -0.39 is 0 Å². The average molecular weight is 197 g/mol. The summed E-state index contributed by atoms with van der Waals surface area (Å²) in [5, 5.41) is 0. The van der Waals surface area contributed by atoms with Gasteiger partial charge in [0.05, 0.1) is 0 Å². The van der Waals surface area contributed by atoms with E-state index >= 15 is 0 Å². The summed E-state index contributed by atoms with van der Waals surface area (Å²) >= 11 is 0. The summed E-state index contributed by atoms with van der Waals surface area (Å²) < 4.78 is 0. The van der Waals surface area contributed by atoms with Crippen LogP contribution in [-0.4, -0.2) is 30.3 Å². The first-order valence-corrected chi connectivity index (χ1v) is 5.85. The molecule has 2 nitrogen and oxygen atoms in total. The second-order valence-corrected chi connectivity index (χ2v) is 4.72. The summed E-state index contributed by atoms with van der Waals surface area (Å²) in [6.45, 7) is 5.71. The smallest absolute Gasteiger partial charge is 0.133 e. The Labute approximate surface area is 87.7 Å². The van der Waals surface area contributed by atoms with Gasteiger partial charge in [-0.2, -0.15) is 0 Å². The summed E-state index contributed by atoms with van der Waals surface area (Å²) in [7, 11) is 2.20. The maximum absolute atomic E-state index is 11.1. The molecule has 1 saturated carbocycles. The molecule has 0 saturated heterocycles. The Kier molecular flexibility index (Phi) is 4.59. The van der Waals surface area contributed by atoms with E-state index in [9.17, 15) is 4.79 Å². The van der Waals surface area contributed by atoms with Crippen molar-refractivity contribution >= 4 is 5.78 Å². The van der Waals surface area contributed by atoms with Crippen LogP contribution in [0.15, 0.2) is 0 Å². The summed E-state index contributed by atoms with van der Waals surface area (Å²) in [4.78, 5) is 13.5. The highest BCUT2D eigenvalue weighted by Gasteiger charge is 2.22.